The van der Waals surface area contributed by atoms with Crippen molar-refractivity contribution in [2.75, 3.05) is 5.32 Å². The molecule has 0 aliphatic rings. The predicted octanol–water partition coefficient (Wildman–Crippen LogP) is 4.13. The van der Waals surface area contributed by atoms with Crippen LogP contribution in [-0.4, -0.2) is 11.1 Å². The summed E-state index contributed by atoms with van der Waals surface area (Å²) in [6.07, 6.45) is 0. The molecular formula is C13H12BrNO2S. The van der Waals surface area contributed by atoms with E-state index < -0.39 is 5.97 Å². The monoisotopic (exact) mass is 325 g/mol. The number of hydrogen-bond acceptors (Lipinski definition) is 3. The maximum Gasteiger partial charge on any atom is 0.335 e. The molecule has 5 heteroatoms. The van der Waals surface area contributed by atoms with E-state index in [0.717, 1.165) is 15.7 Å². The molecule has 0 atom stereocenters. The van der Waals surface area contributed by atoms with Gasteiger partial charge < -0.3 is 10.4 Å². The minimum absolute atomic E-state index is 0.299. The average molecular weight is 326 g/mol. The van der Waals surface area contributed by atoms with Gasteiger partial charge in [0.05, 0.1) is 5.56 Å². The van der Waals surface area contributed by atoms with Gasteiger partial charge in [0.2, 0.25) is 0 Å². The van der Waals surface area contributed by atoms with Gasteiger partial charge in [0.15, 0.2) is 0 Å². The van der Waals surface area contributed by atoms with E-state index in [0.29, 0.717) is 12.1 Å². The molecule has 94 valence electrons. The summed E-state index contributed by atoms with van der Waals surface area (Å²) in [6, 6.07) is 5.09. The third-order valence-corrected chi connectivity index (χ3v) is 4.48. The number of aryl methyl sites for hydroxylation is 1. The molecule has 2 N–H and O–H groups in total. The number of nitrogens with one attached hydrogen (secondary N) is 1. The van der Waals surface area contributed by atoms with Gasteiger partial charge in [-0.25, -0.2) is 4.79 Å². The van der Waals surface area contributed by atoms with Gasteiger partial charge in [-0.05, 0) is 51.5 Å². The van der Waals surface area contributed by atoms with E-state index in [9.17, 15) is 4.79 Å². The molecule has 0 aliphatic heterocycles. The molecule has 0 spiro atoms. The molecule has 0 saturated carbocycles. The highest BCUT2D eigenvalue weighted by atomic mass is 79.9. The largest absolute Gasteiger partial charge is 0.478 e. The number of halogens is 1. The first kappa shape index (κ1) is 13.1. The van der Waals surface area contributed by atoms with Gasteiger partial charge in [-0.15, -0.1) is 0 Å². The summed E-state index contributed by atoms with van der Waals surface area (Å²) in [5, 5.41) is 16.3. The number of thiophene rings is 1. The predicted molar refractivity (Wildman–Crippen MR) is 77.5 cm³/mol. The number of aromatic carboxylic acids is 1. The quantitative estimate of drug-likeness (QED) is 0.888. The van der Waals surface area contributed by atoms with Gasteiger partial charge in [-0.3, -0.25) is 0 Å². The molecule has 3 nitrogen and oxygen atoms in total. The van der Waals surface area contributed by atoms with Crippen LogP contribution in [0.3, 0.4) is 0 Å². The van der Waals surface area contributed by atoms with E-state index in [1.165, 1.54) is 5.56 Å². The summed E-state index contributed by atoms with van der Waals surface area (Å²) in [4.78, 5) is 10.9. The molecule has 0 radical (unpaired) electrons. The molecular weight excluding hydrogens is 314 g/mol. The van der Waals surface area contributed by atoms with Gasteiger partial charge in [0, 0.05) is 22.1 Å². The fourth-order valence-electron chi connectivity index (χ4n) is 1.57. The van der Waals surface area contributed by atoms with Crippen molar-refractivity contribution in [2.24, 2.45) is 0 Å². The number of carboxylic acid groups (broad SMARTS) is 1. The first-order valence-corrected chi connectivity index (χ1v) is 7.10. The Morgan fingerprint density at radius 1 is 1.44 bits per heavy atom. The summed E-state index contributed by atoms with van der Waals surface area (Å²) in [6.45, 7) is 2.63. The highest BCUT2D eigenvalue weighted by Crippen LogP contribution is 2.23. The summed E-state index contributed by atoms with van der Waals surface area (Å²) in [7, 11) is 0. The maximum atomic E-state index is 10.9. The van der Waals surface area contributed by atoms with Gasteiger partial charge in [-0.2, -0.15) is 11.3 Å². The van der Waals surface area contributed by atoms with E-state index >= 15 is 0 Å². The third kappa shape index (κ3) is 2.91. The smallest absolute Gasteiger partial charge is 0.335 e. The van der Waals surface area contributed by atoms with Crippen molar-refractivity contribution in [1.29, 1.82) is 0 Å². The van der Waals surface area contributed by atoms with E-state index in [1.807, 2.05) is 18.4 Å². The minimum atomic E-state index is -0.908. The van der Waals surface area contributed by atoms with Gasteiger partial charge in [0.25, 0.3) is 0 Å². The van der Waals surface area contributed by atoms with Crippen LogP contribution in [0.1, 0.15) is 21.5 Å². The Morgan fingerprint density at radius 3 is 2.83 bits per heavy atom. The highest BCUT2D eigenvalue weighted by molar-refractivity contribution is 9.10. The zero-order valence-electron chi connectivity index (χ0n) is 9.74. The van der Waals surface area contributed by atoms with Crippen molar-refractivity contribution in [3.05, 3.63) is 50.1 Å². The fraction of sp³-hybridized carbons (Fsp3) is 0.154. The van der Waals surface area contributed by atoms with Crippen molar-refractivity contribution >= 4 is 38.9 Å². The number of benzene rings is 1. The molecule has 1 aromatic heterocycles. The summed E-state index contributed by atoms with van der Waals surface area (Å²) >= 11 is 5.10. The van der Waals surface area contributed by atoms with Crippen LogP contribution in [0.4, 0.5) is 5.69 Å². The second-order valence-corrected chi connectivity index (χ2v) is 5.53. The number of rotatable bonds is 4. The summed E-state index contributed by atoms with van der Waals surface area (Å²) < 4.78 is 1.08. The normalized spacial score (nSPS) is 10.3. The zero-order chi connectivity index (χ0) is 13.1. The molecule has 0 saturated heterocycles. The molecule has 2 rings (SSSR count). The van der Waals surface area contributed by atoms with Crippen molar-refractivity contribution in [1.82, 2.24) is 0 Å². The Morgan fingerprint density at radius 2 is 2.22 bits per heavy atom. The second kappa shape index (κ2) is 5.54. The second-order valence-electron chi connectivity index (χ2n) is 3.93. The Hall–Kier alpha value is -1.33. The van der Waals surface area contributed by atoms with Crippen molar-refractivity contribution < 1.29 is 9.90 Å². The number of anilines is 1. The topological polar surface area (TPSA) is 49.3 Å². The van der Waals surface area contributed by atoms with Crippen LogP contribution >= 0.6 is 27.3 Å². The Bertz CT molecular complexity index is 580. The standard InChI is InChI=1S/C13H12BrNO2S/c1-8-2-3-9(13(16)17)4-12(8)15-5-10-6-18-7-11(10)14/h2-4,6-7,15H,5H2,1H3,(H,16,17). The van der Waals surface area contributed by atoms with Crippen LogP contribution in [0.15, 0.2) is 33.4 Å². The van der Waals surface area contributed by atoms with Crippen LogP contribution < -0.4 is 5.32 Å². The van der Waals surface area contributed by atoms with Gasteiger partial charge in [-0.1, -0.05) is 6.07 Å². The Balaban J connectivity index is 2.16. The first-order chi connectivity index (χ1) is 8.58. The lowest BCUT2D eigenvalue weighted by Gasteiger charge is -2.10. The lowest BCUT2D eigenvalue weighted by molar-refractivity contribution is 0.0697. The molecule has 0 bridgehead atoms. The Kier molecular flexibility index (Phi) is 4.04. The maximum absolute atomic E-state index is 10.9. The van der Waals surface area contributed by atoms with Crippen LogP contribution in [0.2, 0.25) is 0 Å². The lowest BCUT2D eigenvalue weighted by atomic mass is 10.1. The van der Waals surface area contributed by atoms with E-state index in [4.69, 9.17) is 5.11 Å². The van der Waals surface area contributed by atoms with Crippen molar-refractivity contribution in [3.63, 3.8) is 0 Å². The number of carboxylic acids is 1. The van der Waals surface area contributed by atoms with Crippen molar-refractivity contribution in [3.8, 4) is 0 Å². The van der Waals surface area contributed by atoms with Gasteiger partial charge in [0.1, 0.15) is 0 Å². The van der Waals surface area contributed by atoms with Crippen LogP contribution in [-0.2, 0) is 6.54 Å². The van der Waals surface area contributed by atoms with E-state index in [-0.39, 0.29) is 0 Å². The molecule has 18 heavy (non-hydrogen) atoms. The fourth-order valence-corrected chi connectivity index (χ4v) is 3.01. The molecule has 0 fully saturated rings. The van der Waals surface area contributed by atoms with E-state index in [2.05, 4.69) is 26.6 Å². The van der Waals surface area contributed by atoms with Crippen LogP contribution in [0.5, 0.6) is 0 Å². The van der Waals surface area contributed by atoms with Gasteiger partial charge >= 0.3 is 5.97 Å². The summed E-state index contributed by atoms with van der Waals surface area (Å²) in [5.74, 6) is -0.908. The average Bonchev–Trinajstić information content (AvgIpc) is 2.73. The molecule has 2 aromatic rings. The Labute approximate surface area is 118 Å². The van der Waals surface area contributed by atoms with Crippen LogP contribution in [0, 0.1) is 6.92 Å². The lowest BCUT2D eigenvalue weighted by Crippen LogP contribution is -2.03. The SMILES string of the molecule is Cc1ccc(C(=O)O)cc1NCc1cscc1Br. The number of carbonyl (C=O) groups is 1. The molecule has 1 aromatic carbocycles. The third-order valence-electron chi connectivity index (χ3n) is 2.64. The van der Waals surface area contributed by atoms with Crippen LogP contribution in [0.25, 0.3) is 0 Å². The van der Waals surface area contributed by atoms with E-state index in [1.54, 1.807) is 23.5 Å². The zero-order valence-corrected chi connectivity index (χ0v) is 12.1. The molecule has 0 amide bonds. The molecule has 1 heterocycles. The summed E-state index contributed by atoms with van der Waals surface area (Å²) in [5.41, 5.74) is 3.35. The minimum Gasteiger partial charge on any atom is -0.478 e. The first-order valence-electron chi connectivity index (χ1n) is 5.36. The molecule has 0 unspecified atom stereocenters. The molecule has 0 aliphatic carbocycles. The number of hydrogen-bond donors (Lipinski definition) is 2. The highest BCUT2D eigenvalue weighted by Gasteiger charge is 2.07. The van der Waals surface area contributed by atoms with Crippen molar-refractivity contribution in [2.45, 2.75) is 13.5 Å².